The van der Waals surface area contributed by atoms with Gasteiger partial charge >= 0.3 is 5.97 Å². The molecule has 0 aliphatic carbocycles. The van der Waals surface area contributed by atoms with E-state index in [1.807, 2.05) is 89.2 Å². The van der Waals surface area contributed by atoms with Gasteiger partial charge in [0.25, 0.3) is 5.91 Å². The summed E-state index contributed by atoms with van der Waals surface area (Å²) in [5.74, 6) is -0.778. The fourth-order valence-corrected chi connectivity index (χ4v) is 4.02. The number of carbonyl (C=O) groups is 2. The van der Waals surface area contributed by atoms with Gasteiger partial charge in [-0.05, 0) is 29.3 Å². The van der Waals surface area contributed by atoms with E-state index >= 15 is 0 Å². The molecule has 0 unspecified atom stereocenters. The highest BCUT2D eigenvalue weighted by atomic mass is 16.5. The number of aryl methyl sites for hydroxylation is 1. The number of pyridine rings is 1. The molecule has 0 fully saturated rings. The third-order valence-corrected chi connectivity index (χ3v) is 5.86. The molecule has 4 aromatic rings. The lowest BCUT2D eigenvalue weighted by atomic mass is 10.1. The molecule has 3 N–H and O–H groups in total. The Balaban J connectivity index is 1.75. The largest absolute Gasteiger partial charge is 0.468 e. The molecule has 0 radical (unpaired) electrons. The Morgan fingerprint density at radius 3 is 2.49 bits per heavy atom. The molecule has 0 aliphatic heterocycles. The van der Waals surface area contributed by atoms with Crippen molar-refractivity contribution in [3.63, 3.8) is 0 Å². The Labute approximate surface area is 203 Å². The lowest BCUT2D eigenvalue weighted by Crippen LogP contribution is -2.37. The number of nitrogen functional groups attached to an aromatic ring is 1. The molecule has 0 saturated carbocycles. The van der Waals surface area contributed by atoms with Gasteiger partial charge in [-0.2, -0.15) is 0 Å². The third kappa shape index (κ3) is 5.38. The molecule has 2 aromatic heterocycles. The van der Waals surface area contributed by atoms with Gasteiger partial charge in [-0.25, -0.2) is 4.57 Å². The Bertz CT molecular complexity index is 1390. The third-order valence-electron chi connectivity index (χ3n) is 5.86. The van der Waals surface area contributed by atoms with Gasteiger partial charge in [-0.3, -0.25) is 15.0 Å². The highest BCUT2D eigenvalue weighted by Crippen LogP contribution is 2.23. The Morgan fingerprint density at radius 2 is 1.77 bits per heavy atom. The van der Waals surface area contributed by atoms with Gasteiger partial charge in [0.15, 0.2) is 12.4 Å². The minimum atomic E-state index is -0.489. The molecule has 0 spiro atoms. The summed E-state index contributed by atoms with van der Waals surface area (Å²) in [5.41, 5.74) is 9.46. The summed E-state index contributed by atoms with van der Waals surface area (Å²) in [7, 11) is 3.23. The van der Waals surface area contributed by atoms with E-state index in [4.69, 9.17) is 15.9 Å². The zero-order valence-electron chi connectivity index (χ0n) is 19.8. The maximum atomic E-state index is 13.9. The Morgan fingerprint density at radius 1 is 1.03 bits per heavy atom. The molecule has 0 saturated heterocycles. The van der Waals surface area contributed by atoms with Crippen molar-refractivity contribution in [3.05, 3.63) is 102 Å². The maximum absolute atomic E-state index is 13.9. The number of hydrogen-bond donors (Lipinski definition) is 2. The van der Waals surface area contributed by atoms with Crippen molar-refractivity contribution in [2.45, 2.75) is 13.1 Å². The van der Waals surface area contributed by atoms with Crippen molar-refractivity contribution in [2.75, 3.05) is 13.7 Å². The highest BCUT2D eigenvalue weighted by Gasteiger charge is 2.24. The van der Waals surface area contributed by atoms with Crippen LogP contribution in [0.1, 0.15) is 27.2 Å². The molecule has 1 amide bonds. The lowest BCUT2D eigenvalue weighted by Gasteiger charge is -2.22. The van der Waals surface area contributed by atoms with Gasteiger partial charge in [-0.15, -0.1) is 0 Å². The number of amidine groups is 1. The number of nitrogens with one attached hydrogen (secondary N) is 1. The minimum Gasteiger partial charge on any atom is -0.468 e. The minimum absolute atomic E-state index is 0.0129. The first-order chi connectivity index (χ1) is 16.9. The zero-order valence-corrected chi connectivity index (χ0v) is 19.8. The maximum Gasteiger partial charge on any atom is 0.325 e. The summed E-state index contributed by atoms with van der Waals surface area (Å²) >= 11 is 0. The van der Waals surface area contributed by atoms with Crippen LogP contribution in [-0.4, -0.2) is 40.8 Å². The number of hydrogen-bond acceptors (Lipinski definition) is 4. The first kappa shape index (κ1) is 23.7. The summed E-state index contributed by atoms with van der Waals surface area (Å²) in [6.45, 7) is 0.497. The zero-order chi connectivity index (χ0) is 24.9. The van der Waals surface area contributed by atoms with Crippen LogP contribution in [0.25, 0.3) is 10.9 Å². The highest BCUT2D eigenvalue weighted by molar-refractivity contribution is 6.00. The summed E-state index contributed by atoms with van der Waals surface area (Å²) < 4.78 is 8.71. The van der Waals surface area contributed by atoms with E-state index < -0.39 is 5.97 Å². The van der Waals surface area contributed by atoms with Crippen molar-refractivity contribution in [3.8, 4) is 0 Å². The first-order valence-electron chi connectivity index (χ1n) is 11.2. The number of fused-ring (bicyclic) bond motifs is 1. The topological polar surface area (TPSA) is 105 Å². The predicted molar refractivity (Wildman–Crippen MR) is 133 cm³/mol. The van der Waals surface area contributed by atoms with Crippen molar-refractivity contribution >= 4 is 28.6 Å². The second kappa shape index (κ2) is 10.2. The number of ether oxygens (including phenoxy) is 1. The number of rotatable bonds is 8. The molecule has 4 rings (SSSR count). The Kier molecular flexibility index (Phi) is 6.91. The molecular formula is C27H28N5O3+. The van der Waals surface area contributed by atoms with Crippen molar-refractivity contribution in [1.29, 1.82) is 5.41 Å². The number of nitrogens with zero attached hydrogens (tertiary/aromatic N) is 3. The molecule has 2 heterocycles. The smallest absolute Gasteiger partial charge is 0.325 e. The molecule has 8 heteroatoms. The van der Waals surface area contributed by atoms with E-state index in [-0.39, 0.29) is 24.8 Å². The van der Waals surface area contributed by atoms with E-state index in [0.717, 1.165) is 22.0 Å². The predicted octanol–water partition coefficient (Wildman–Crippen LogP) is 2.61. The van der Waals surface area contributed by atoms with Crippen LogP contribution < -0.4 is 10.3 Å². The summed E-state index contributed by atoms with van der Waals surface area (Å²) in [4.78, 5) is 27.6. The van der Waals surface area contributed by atoms with Crippen molar-refractivity contribution < 1.29 is 18.9 Å². The van der Waals surface area contributed by atoms with Crippen molar-refractivity contribution in [1.82, 2.24) is 9.47 Å². The van der Waals surface area contributed by atoms with E-state index in [0.29, 0.717) is 17.8 Å². The number of methoxy groups -OCH3 is 1. The van der Waals surface area contributed by atoms with Crippen LogP contribution >= 0.6 is 0 Å². The number of amides is 1. The summed E-state index contributed by atoms with van der Waals surface area (Å²) in [5, 5.41) is 8.67. The number of para-hydroxylation sites is 1. The van der Waals surface area contributed by atoms with E-state index in [9.17, 15) is 9.59 Å². The molecule has 178 valence electrons. The number of carbonyl (C=O) groups excluding carboxylic acids is 2. The average Bonchev–Trinajstić information content (AvgIpc) is 3.22. The summed E-state index contributed by atoms with van der Waals surface area (Å²) in [6, 6.07) is 20.9. The number of aromatic nitrogens is 2. The molecule has 8 nitrogen and oxygen atoms in total. The van der Waals surface area contributed by atoms with E-state index in [2.05, 4.69) is 0 Å². The van der Waals surface area contributed by atoms with Crippen LogP contribution in [0.2, 0.25) is 0 Å². The fraction of sp³-hybridized carbons (Fsp3) is 0.185. The van der Waals surface area contributed by atoms with Crippen LogP contribution in [0.4, 0.5) is 0 Å². The lowest BCUT2D eigenvalue weighted by molar-refractivity contribution is -0.671. The second-order valence-electron chi connectivity index (χ2n) is 8.40. The normalized spacial score (nSPS) is 10.8. The SMILES string of the molecule is COC(=O)CN(Cc1cc[n+](C)cc1)C(=O)c1cc2ccccc2n1Cc1cccc(C(=N)N)c1. The quantitative estimate of drug-likeness (QED) is 0.179. The van der Waals surface area contributed by atoms with Crippen LogP contribution in [0.3, 0.4) is 0 Å². The standard InChI is InChI=1S/C27H28N5O3/c1-30-12-10-19(11-13-30)16-31(18-25(33)35-2)27(34)24-15-21-7-3-4-9-23(21)32(24)17-20-6-5-8-22(14-20)26(28)29/h3-15H,16-18H2,1-2H3,(H3,28,29)/q+1. The fourth-order valence-electron chi connectivity index (χ4n) is 4.02. The van der Waals surface area contributed by atoms with Crippen LogP contribution in [0.5, 0.6) is 0 Å². The molecule has 35 heavy (non-hydrogen) atoms. The van der Waals surface area contributed by atoms with E-state index in [1.54, 1.807) is 6.07 Å². The van der Waals surface area contributed by atoms with Crippen LogP contribution in [0, 0.1) is 5.41 Å². The molecule has 0 atom stereocenters. The molecular weight excluding hydrogens is 442 g/mol. The van der Waals surface area contributed by atoms with Crippen molar-refractivity contribution in [2.24, 2.45) is 12.8 Å². The monoisotopic (exact) mass is 470 g/mol. The molecule has 0 aliphatic rings. The van der Waals surface area contributed by atoms with Crippen LogP contribution in [0.15, 0.2) is 79.1 Å². The number of esters is 1. The van der Waals surface area contributed by atoms with Crippen LogP contribution in [-0.2, 0) is 29.7 Å². The Hall–Kier alpha value is -4.46. The van der Waals surface area contributed by atoms with Gasteiger partial charge in [0.05, 0.1) is 7.11 Å². The molecule has 0 bridgehead atoms. The average molecular weight is 471 g/mol. The summed E-state index contributed by atoms with van der Waals surface area (Å²) in [6.07, 6.45) is 3.80. The molecule has 2 aromatic carbocycles. The first-order valence-corrected chi connectivity index (χ1v) is 11.2. The van der Waals surface area contributed by atoms with Gasteiger partial charge in [0.1, 0.15) is 25.1 Å². The van der Waals surface area contributed by atoms with E-state index in [1.165, 1.54) is 12.0 Å². The van der Waals surface area contributed by atoms with Gasteiger partial charge in [0, 0.05) is 41.7 Å². The number of benzene rings is 2. The van der Waals surface area contributed by atoms with Gasteiger partial charge < -0.3 is 19.9 Å². The van der Waals surface area contributed by atoms with Gasteiger partial charge in [-0.1, -0.05) is 36.4 Å². The number of nitrogens with two attached hydrogens (primary N) is 1. The van der Waals surface area contributed by atoms with Gasteiger partial charge in [0.2, 0.25) is 0 Å². The second-order valence-corrected chi connectivity index (χ2v) is 8.40.